The van der Waals surface area contributed by atoms with Gasteiger partial charge in [-0.25, -0.2) is 13.4 Å². The van der Waals surface area contributed by atoms with Crippen LogP contribution in [0.1, 0.15) is 5.01 Å². The van der Waals surface area contributed by atoms with Gasteiger partial charge in [0.25, 0.3) is 0 Å². The summed E-state index contributed by atoms with van der Waals surface area (Å²) in [6, 6.07) is 10.3. The number of hydrogen-bond donors (Lipinski definition) is 0. The zero-order valence-electron chi connectivity index (χ0n) is 13.9. The predicted octanol–water partition coefficient (Wildman–Crippen LogP) is 4.95. The number of ether oxygens (including phenoxy) is 1. The fraction of sp³-hybridized carbons (Fsp3) is 0.167. The number of hydrogen-bond acceptors (Lipinski definition) is 6. The summed E-state index contributed by atoms with van der Waals surface area (Å²) in [5, 5.41) is 3.23. The van der Waals surface area contributed by atoms with Crippen LogP contribution in [0.2, 0.25) is 10.0 Å². The van der Waals surface area contributed by atoms with Crippen LogP contribution in [0.25, 0.3) is 0 Å². The second-order valence-corrected chi connectivity index (χ2v) is 9.64. The van der Waals surface area contributed by atoms with E-state index in [4.69, 9.17) is 27.9 Å². The van der Waals surface area contributed by atoms with E-state index < -0.39 is 9.84 Å². The maximum absolute atomic E-state index is 12.7. The van der Waals surface area contributed by atoms with Gasteiger partial charge in [-0.1, -0.05) is 29.3 Å². The van der Waals surface area contributed by atoms with E-state index in [0.717, 1.165) is 11.4 Å². The minimum atomic E-state index is -3.51. The van der Waals surface area contributed by atoms with Crippen molar-refractivity contribution in [3.8, 4) is 5.75 Å². The molecule has 0 radical (unpaired) electrons. The van der Waals surface area contributed by atoms with Gasteiger partial charge in [-0.05, 0) is 24.3 Å². The summed E-state index contributed by atoms with van der Waals surface area (Å²) >= 11 is 13.8. The van der Waals surface area contributed by atoms with E-state index in [1.165, 1.54) is 11.3 Å². The molecule has 1 aliphatic heterocycles. The fourth-order valence-electron chi connectivity index (χ4n) is 2.92. The van der Waals surface area contributed by atoms with Crippen LogP contribution in [0, 0.1) is 0 Å². The van der Waals surface area contributed by atoms with Crippen molar-refractivity contribution in [3.63, 3.8) is 0 Å². The first-order valence-corrected chi connectivity index (χ1v) is 11.3. The summed E-state index contributed by atoms with van der Waals surface area (Å²) < 4.78 is 31.1. The fourth-order valence-corrected chi connectivity index (χ4v) is 5.58. The zero-order chi connectivity index (χ0) is 19.0. The first-order chi connectivity index (χ1) is 13.0. The molecule has 0 N–H and O–H groups in total. The number of benzene rings is 2. The Balaban J connectivity index is 1.71. The molecule has 27 heavy (non-hydrogen) atoms. The SMILES string of the molecule is O=S(=O)(Cc1nccs1)c1ccc2c(c1)OCCN2c1cccc(Cl)c1Cl. The molecule has 0 bridgehead atoms. The summed E-state index contributed by atoms with van der Waals surface area (Å²) in [6.07, 6.45) is 1.60. The Morgan fingerprint density at radius 1 is 1.19 bits per heavy atom. The van der Waals surface area contributed by atoms with Crippen molar-refractivity contribution in [2.75, 3.05) is 18.1 Å². The number of rotatable bonds is 4. The molecule has 0 atom stereocenters. The molecule has 4 rings (SSSR count). The molecule has 9 heteroatoms. The van der Waals surface area contributed by atoms with Crippen LogP contribution in [0.3, 0.4) is 0 Å². The molecule has 0 unspecified atom stereocenters. The third-order valence-corrected chi connectivity index (χ3v) is 7.57. The Morgan fingerprint density at radius 2 is 2.04 bits per heavy atom. The molecule has 1 aliphatic rings. The predicted molar refractivity (Wildman–Crippen MR) is 108 cm³/mol. The molecule has 0 spiro atoms. The molecule has 2 heterocycles. The van der Waals surface area contributed by atoms with Gasteiger partial charge in [0.1, 0.15) is 23.1 Å². The lowest BCUT2D eigenvalue weighted by Crippen LogP contribution is -2.29. The maximum atomic E-state index is 12.7. The van der Waals surface area contributed by atoms with Gasteiger partial charge in [-0.15, -0.1) is 11.3 Å². The Labute approximate surface area is 171 Å². The summed E-state index contributed by atoms with van der Waals surface area (Å²) in [6.45, 7) is 0.990. The van der Waals surface area contributed by atoms with E-state index in [9.17, 15) is 8.42 Å². The molecule has 0 saturated heterocycles. The van der Waals surface area contributed by atoms with Gasteiger partial charge in [0.05, 0.1) is 32.9 Å². The highest BCUT2D eigenvalue weighted by atomic mass is 35.5. The van der Waals surface area contributed by atoms with E-state index in [2.05, 4.69) is 4.98 Å². The number of nitrogens with zero attached hydrogens (tertiary/aromatic N) is 2. The van der Waals surface area contributed by atoms with Crippen molar-refractivity contribution in [2.45, 2.75) is 10.6 Å². The number of fused-ring (bicyclic) bond motifs is 1. The van der Waals surface area contributed by atoms with E-state index in [1.54, 1.807) is 35.8 Å². The lowest BCUT2D eigenvalue weighted by Gasteiger charge is -2.32. The summed E-state index contributed by atoms with van der Waals surface area (Å²) in [7, 11) is -3.51. The molecule has 2 aromatic carbocycles. The lowest BCUT2D eigenvalue weighted by molar-refractivity contribution is 0.313. The third-order valence-electron chi connectivity index (χ3n) is 4.17. The van der Waals surface area contributed by atoms with Crippen LogP contribution in [0.5, 0.6) is 5.75 Å². The molecule has 0 fully saturated rings. The van der Waals surface area contributed by atoms with Crippen molar-refractivity contribution in [2.24, 2.45) is 0 Å². The molecule has 140 valence electrons. The van der Waals surface area contributed by atoms with Crippen LogP contribution in [-0.2, 0) is 15.6 Å². The molecular weight excluding hydrogens is 427 g/mol. The first-order valence-electron chi connectivity index (χ1n) is 8.05. The summed E-state index contributed by atoms with van der Waals surface area (Å²) in [4.78, 5) is 6.24. The van der Waals surface area contributed by atoms with Gasteiger partial charge >= 0.3 is 0 Å². The normalized spacial score (nSPS) is 13.9. The van der Waals surface area contributed by atoms with Crippen molar-refractivity contribution in [1.29, 1.82) is 0 Å². The molecule has 3 aromatic rings. The minimum Gasteiger partial charge on any atom is -0.489 e. The van der Waals surface area contributed by atoms with Crippen molar-refractivity contribution < 1.29 is 13.2 Å². The van der Waals surface area contributed by atoms with Gasteiger partial charge in [0.15, 0.2) is 9.84 Å². The third kappa shape index (κ3) is 3.65. The molecule has 0 amide bonds. The Hall–Kier alpha value is -1.80. The van der Waals surface area contributed by atoms with Crippen molar-refractivity contribution in [3.05, 3.63) is 63.0 Å². The van der Waals surface area contributed by atoms with Gasteiger partial charge in [-0.2, -0.15) is 0 Å². The van der Waals surface area contributed by atoms with Gasteiger partial charge in [0.2, 0.25) is 0 Å². The van der Waals surface area contributed by atoms with Crippen LogP contribution in [-0.4, -0.2) is 26.6 Å². The van der Waals surface area contributed by atoms with Gasteiger partial charge in [0, 0.05) is 17.6 Å². The van der Waals surface area contributed by atoms with Crippen LogP contribution in [0.15, 0.2) is 52.9 Å². The van der Waals surface area contributed by atoms with Gasteiger partial charge < -0.3 is 9.64 Å². The van der Waals surface area contributed by atoms with Crippen molar-refractivity contribution in [1.82, 2.24) is 4.98 Å². The summed E-state index contributed by atoms with van der Waals surface area (Å²) in [5.74, 6) is 0.366. The molecule has 5 nitrogen and oxygen atoms in total. The Bertz CT molecular complexity index is 1090. The van der Waals surface area contributed by atoms with E-state index >= 15 is 0 Å². The molecule has 0 aliphatic carbocycles. The number of halogens is 2. The van der Waals surface area contributed by atoms with Crippen LogP contribution >= 0.6 is 34.5 Å². The zero-order valence-corrected chi connectivity index (χ0v) is 17.1. The lowest BCUT2D eigenvalue weighted by atomic mass is 10.2. The highest BCUT2D eigenvalue weighted by Crippen LogP contribution is 2.42. The summed E-state index contributed by atoms with van der Waals surface area (Å²) in [5.41, 5.74) is 1.51. The second-order valence-electron chi connectivity index (χ2n) is 5.89. The average Bonchev–Trinajstić information content (AvgIpc) is 3.15. The largest absolute Gasteiger partial charge is 0.489 e. The second kappa shape index (κ2) is 7.31. The number of aromatic nitrogens is 1. The van der Waals surface area contributed by atoms with E-state index in [1.807, 2.05) is 17.0 Å². The Morgan fingerprint density at radius 3 is 2.81 bits per heavy atom. The highest BCUT2D eigenvalue weighted by Gasteiger charge is 2.25. The molecule has 1 aromatic heterocycles. The highest BCUT2D eigenvalue weighted by molar-refractivity contribution is 7.90. The molecule has 0 saturated carbocycles. The van der Waals surface area contributed by atoms with Crippen LogP contribution < -0.4 is 9.64 Å². The number of thiazole rings is 1. The maximum Gasteiger partial charge on any atom is 0.185 e. The minimum absolute atomic E-state index is 0.132. The van der Waals surface area contributed by atoms with Crippen molar-refractivity contribution >= 4 is 55.8 Å². The topological polar surface area (TPSA) is 59.5 Å². The standard InChI is InChI=1S/C18H14Cl2N2O3S2/c19-13-2-1-3-15(18(13)20)22-7-8-25-16-10-12(4-5-14(16)22)27(23,24)11-17-21-6-9-26-17/h1-6,9-10H,7-8,11H2. The van der Waals surface area contributed by atoms with E-state index in [-0.39, 0.29) is 10.6 Å². The number of anilines is 2. The monoisotopic (exact) mass is 440 g/mol. The van der Waals surface area contributed by atoms with Crippen LogP contribution in [0.4, 0.5) is 11.4 Å². The number of sulfone groups is 1. The quantitative estimate of drug-likeness (QED) is 0.573. The van der Waals surface area contributed by atoms with E-state index in [0.29, 0.717) is 34.0 Å². The Kier molecular flexibility index (Phi) is 5.03. The van der Waals surface area contributed by atoms with Gasteiger partial charge in [-0.3, -0.25) is 0 Å². The average molecular weight is 441 g/mol. The first kappa shape index (κ1) is 18.6. The smallest absolute Gasteiger partial charge is 0.185 e. The molecular formula is C18H14Cl2N2O3S2.